The summed E-state index contributed by atoms with van der Waals surface area (Å²) in [7, 11) is 0. The van der Waals surface area contributed by atoms with E-state index in [1.54, 1.807) is 4.90 Å². The molecule has 5 heteroatoms. The summed E-state index contributed by atoms with van der Waals surface area (Å²) in [5.74, 6) is -1.03. The van der Waals surface area contributed by atoms with Crippen LogP contribution in [0, 0.1) is 5.92 Å². The first-order chi connectivity index (χ1) is 9.65. The largest absolute Gasteiger partial charge is 0.481 e. The van der Waals surface area contributed by atoms with E-state index in [1.807, 2.05) is 18.2 Å². The number of hydrogen-bond acceptors (Lipinski definition) is 3. The lowest BCUT2D eigenvalue weighted by molar-refractivity contribution is -0.143. The number of rotatable bonds is 2. The maximum atomic E-state index is 12.4. The number of carboxylic acids is 1. The number of likely N-dealkylation sites (tertiary alicyclic amines) is 1. The molecule has 5 nitrogen and oxygen atoms in total. The fourth-order valence-electron chi connectivity index (χ4n) is 2.94. The zero-order valence-electron chi connectivity index (χ0n) is 11.3. The van der Waals surface area contributed by atoms with Gasteiger partial charge in [-0.15, -0.1) is 0 Å². The van der Waals surface area contributed by atoms with E-state index in [0.717, 1.165) is 13.1 Å². The molecule has 0 aromatic heterocycles. The molecule has 0 atom stereocenters. The maximum Gasteiger partial charge on any atom is 0.306 e. The minimum Gasteiger partial charge on any atom is -0.481 e. The number of amides is 1. The van der Waals surface area contributed by atoms with Gasteiger partial charge in [0.1, 0.15) is 0 Å². The molecular formula is C15H18N2O3. The number of nitrogens with zero attached hydrogens (tertiary/aromatic N) is 1. The molecule has 1 aromatic rings. The van der Waals surface area contributed by atoms with Crippen LogP contribution in [0.3, 0.4) is 0 Å². The van der Waals surface area contributed by atoms with Gasteiger partial charge in [-0.05, 0) is 36.1 Å². The number of aliphatic carboxylic acids is 1. The molecule has 0 unspecified atom stereocenters. The fourth-order valence-corrected chi connectivity index (χ4v) is 2.94. The molecule has 3 rings (SSSR count). The second-order valence-corrected chi connectivity index (χ2v) is 5.49. The summed E-state index contributed by atoms with van der Waals surface area (Å²) in [4.78, 5) is 25.1. The molecule has 1 saturated heterocycles. The average Bonchev–Trinajstić information content (AvgIpc) is 2.94. The Balaban J connectivity index is 1.69. The second-order valence-electron chi connectivity index (χ2n) is 5.49. The van der Waals surface area contributed by atoms with E-state index >= 15 is 0 Å². The molecular weight excluding hydrogens is 256 g/mol. The van der Waals surface area contributed by atoms with Crippen LogP contribution in [0.1, 0.15) is 34.3 Å². The second kappa shape index (κ2) is 5.25. The number of nitrogens with one attached hydrogen (secondary N) is 1. The first kappa shape index (κ1) is 13.1. The Kier molecular flexibility index (Phi) is 3.44. The Morgan fingerprint density at radius 2 is 1.85 bits per heavy atom. The lowest BCUT2D eigenvalue weighted by Crippen LogP contribution is -2.40. The third-order valence-electron chi connectivity index (χ3n) is 4.22. The van der Waals surface area contributed by atoms with Crippen LogP contribution in [-0.2, 0) is 17.9 Å². The van der Waals surface area contributed by atoms with Gasteiger partial charge in [-0.25, -0.2) is 0 Å². The van der Waals surface area contributed by atoms with Crippen molar-refractivity contribution in [1.82, 2.24) is 10.2 Å². The van der Waals surface area contributed by atoms with Crippen LogP contribution in [0.2, 0.25) is 0 Å². The van der Waals surface area contributed by atoms with Crippen molar-refractivity contribution in [2.24, 2.45) is 5.92 Å². The van der Waals surface area contributed by atoms with Crippen LogP contribution in [0.5, 0.6) is 0 Å². The van der Waals surface area contributed by atoms with Gasteiger partial charge < -0.3 is 15.3 Å². The minimum atomic E-state index is -0.749. The number of carbonyl (C=O) groups is 2. The predicted octanol–water partition coefficient (Wildman–Crippen LogP) is 1.23. The molecule has 2 aliphatic rings. The van der Waals surface area contributed by atoms with Crippen molar-refractivity contribution in [3.05, 3.63) is 34.9 Å². The van der Waals surface area contributed by atoms with Gasteiger partial charge in [0, 0.05) is 31.7 Å². The van der Waals surface area contributed by atoms with Gasteiger partial charge in [0.05, 0.1) is 5.92 Å². The zero-order chi connectivity index (χ0) is 14.1. The topological polar surface area (TPSA) is 69.6 Å². The smallest absolute Gasteiger partial charge is 0.306 e. The highest BCUT2D eigenvalue weighted by Crippen LogP contribution is 2.22. The van der Waals surface area contributed by atoms with Crippen molar-refractivity contribution in [3.63, 3.8) is 0 Å². The summed E-state index contributed by atoms with van der Waals surface area (Å²) in [5.41, 5.74) is 3.16. The Bertz CT molecular complexity index is 548. The van der Waals surface area contributed by atoms with E-state index in [9.17, 15) is 9.59 Å². The molecule has 2 heterocycles. The molecule has 1 aromatic carbocycles. The fraction of sp³-hybridized carbons (Fsp3) is 0.467. The Hall–Kier alpha value is -1.88. The van der Waals surface area contributed by atoms with Crippen molar-refractivity contribution in [2.75, 3.05) is 13.1 Å². The summed E-state index contributed by atoms with van der Waals surface area (Å²) in [5, 5.41) is 12.2. The average molecular weight is 274 g/mol. The molecule has 1 fully saturated rings. The molecule has 0 bridgehead atoms. The van der Waals surface area contributed by atoms with E-state index in [1.165, 1.54) is 11.1 Å². The molecule has 2 N–H and O–H groups in total. The van der Waals surface area contributed by atoms with Crippen molar-refractivity contribution < 1.29 is 14.7 Å². The van der Waals surface area contributed by atoms with Gasteiger partial charge in [0.25, 0.3) is 5.91 Å². The number of carboxylic acid groups (broad SMARTS) is 1. The summed E-state index contributed by atoms with van der Waals surface area (Å²) in [6.45, 7) is 2.75. The Morgan fingerprint density at radius 1 is 1.15 bits per heavy atom. The monoisotopic (exact) mass is 274 g/mol. The van der Waals surface area contributed by atoms with Crippen molar-refractivity contribution in [3.8, 4) is 0 Å². The first-order valence-electron chi connectivity index (χ1n) is 7.00. The van der Waals surface area contributed by atoms with Gasteiger partial charge in [0.2, 0.25) is 0 Å². The molecule has 0 radical (unpaired) electrons. The van der Waals surface area contributed by atoms with Crippen molar-refractivity contribution in [1.29, 1.82) is 0 Å². The number of carbonyl (C=O) groups excluding carboxylic acids is 1. The third-order valence-corrected chi connectivity index (χ3v) is 4.22. The van der Waals surface area contributed by atoms with Crippen LogP contribution in [0.4, 0.5) is 0 Å². The molecule has 20 heavy (non-hydrogen) atoms. The van der Waals surface area contributed by atoms with Gasteiger partial charge in [-0.3, -0.25) is 9.59 Å². The number of fused-ring (bicyclic) bond motifs is 1. The minimum absolute atomic E-state index is 0.0172. The summed E-state index contributed by atoms with van der Waals surface area (Å²) in [6.07, 6.45) is 1.10. The molecule has 0 spiro atoms. The third kappa shape index (κ3) is 2.41. The van der Waals surface area contributed by atoms with Crippen LogP contribution < -0.4 is 5.32 Å². The van der Waals surface area contributed by atoms with E-state index in [-0.39, 0.29) is 11.8 Å². The summed E-state index contributed by atoms with van der Waals surface area (Å²) < 4.78 is 0. The highest BCUT2D eigenvalue weighted by atomic mass is 16.4. The van der Waals surface area contributed by atoms with Gasteiger partial charge in [-0.1, -0.05) is 6.07 Å². The van der Waals surface area contributed by atoms with Gasteiger partial charge in [-0.2, -0.15) is 0 Å². The summed E-state index contributed by atoms with van der Waals surface area (Å²) >= 11 is 0. The molecule has 1 amide bonds. The van der Waals surface area contributed by atoms with E-state index in [2.05, 4.69) is 5.32 Å². The normalized spacial score (nSPS) is 18.9. The van der Waals surface area contributed by atoms with Gasteiger partial charge >= 0.3 is 5.97 Å². The lowest BCUT2D eigenvalue weighted by atomic mass is 9.96. The van der Waals surface area contributed by atoms with E-state index < -0.39 is 5.97 Å². The van der Waals surface area contributed by atoms with Crippen LogP contribution in [0.15, 0.2) is 18.2 Å². The van der Waals surface area contributed by atoms with Crippen LogP contribution in [-0.4, -0.2) is 35.0 Å². The lowest BCUT2D eigenvalue weighted by Gasteiger charge is -2.30. The predicted molar refractivity (Wildman–Crippen MR) is 73.2 cm³/mol. The molecule has 0 saturated carbocycles. The van der Waals surface area contributed by atoms with Crippen molar-refractivity contribution >= 4 is 11.9 Å². The quantitative estimate of drug-likeness (QED) is 0.851. The van der Waals surface area contributed by atoms with E-state index in [4.69, 9.17) is 5.11 Å². The Labute approximate surface area is 117 Å². The zero-order valence-corrected chi connectivity index (χ0v) is 11.3. The van der Waals surface area contributed by atoms with Crippen LogP contribution >= 0.6 is 0 Å². The molecule has 2 aliphatic heterocycles. The van der Waals surface area contributed by atoms with Crippen LogP contribution in [0.25, 0.3) is 0 Å². The van der Waals surface area contributed by atoms with Crippen molar-refractivity contribution in [2.45, 2.75) is 25.9 Å². The maximum absolute atomic E-state index is 12.4. The molecule has 106 valence electrons. The highest BCUT2D eigenvalue weighted by molar-refractivity contribution is 5.94. The first-order valence-corrected chi connectivity index (χ1v) is 7.00. The number of benzene rings is 1. The highest BCUT2D eigenvalue weighted by Gasteiger charge is 2.27. The van der Waals surface area contributed by atoms with Gasteiger partial charge in [0.15, 0.2) is 0 Å². The number of piperidine rings is 1. The molecule has 0 aliphatic carbocycles. The standard InChI is InChI=1S/C15H18N2O3/c18-14(17-5-3-10(4-6-17)15(19)20)11-1-2-12-8-16-9-13(12)7-11/h1-2,7,10,16H,3-6,8-9H2,(H,19,20). The number of hydrogen-bond donors (Lipinski definition) is 2. The SMILES string of the molecule is O=C(O)C1CCN(C(=O)c2ccc3c(c2)CNC3)CC1. The van der Waals surface area contributed by atoms with E-state index in [0.29, 0.717) is 31.5 Å². The summed E-state index contributed by atoms with van der Waals surface area (Å²) in [6, 6.07) is 5.84. The Morgan fingerprint density at radius 3 is 2.55 bits per heavy atom.